The highest BCUT2D eigenvalue weighted by atomic mass is 16.6. The van der Waals surface area contributed by atoms with Gasteiger partial charge in [0.15, 0.2) is 11.5 Å². The van der Waals surface area contributed by atoms with Gasteiger partial charge in [-0.3, -0.25) is 0 Å². The lowest BCUT2D eigenvalue weighted by Gasteiger charge is -2.27. The molecule has 0 atom stereocenters. The van der Waals surface area contributed by atoms with E-state index in [0.29, 0.717) is 13.2 Å². The number of nitrogens with one attached hydrogen (secondary N) is 1. The molecule has 20 heavy (non-hydrogen) atoms. The second-order valence-electron chi connectivity index (χ2n) is 5.62. The number of rotatable bonds is 4. The maximum Gasteiger partial charge on any atom is 0.161 e. The minimum Gasteiger partial charge on any atom is -0.486 e. The summed E-state index contributed by atoms with van der Waals surface area (Å²) in [6, 6.07) is 4.29. The van der Waals surface area contributed by atoms with E-state index in [1.165, 1.54) is 37.2 Å². The molecule has 0 saturated carbocycles. The van der Waals surface area contributed by atoms with Gasteiger partial charge in [0.05, 0.1) is 0 Å². The van der Waals surface area contributed by atoms with E-state index in [4.69, 9.17) is 9.47 Å². The molecule has 0 aliphatic carbocycles. The first-order chi connectivity index (χ1) is 9.83. The lowest BCUT2D eigenvalue weighted by atomic mass is 10.0. The standard InChI is InChI=1S/C16H24N2O2/c1-13-11-15-16(20-10-9-19-15)12-14(13)3-2-6-18-7-4-17-5-8-18/h11-12,17H,2-10H2,1H3. The molecule has 0 amide bonds. The Kier molecular flexibility index (Phi) is 4.43. The molecule has 0 aromatic heterocycles. The van der Waals surface area contributed by atoms with Gasteiger partial charge in [0.1, 0.15) is 13.2 Å². The third-order valence-corrected chi connectivity index (χ3v) is 4.13. The van der Waals surface area contributed by atoms with Gasteiger partial charge in [-0.05, 0) is 49.6 Å². The Hall–Kier alpha value is -1.26. The fourth-order valence-electron chi connectivity index (χ4n) is 2.93. The van der Waals surface area contributed by atoms with Gasteiger partial charge >= 0.3 is 0 Å². The summed E-state index contributed by atoms with van der Waals surface area (Å²) in [4.78, 5) is 2.55. The van der Waals surface area contributed by atoms with Crippen molar-refractivity contribution in [3.63, 3.8) is 0 Å². The molecule has 2 aliphatic heterocycles. The monoisotopic (exact) mass is 276 g/mol. The molecule has 1 aromatic carbocycles. The number of piperazine rings is 1. The topological polar surface area (TPSA) is 33.7 Å². The maximum atomic E-state index is 5.67. The average molecular weight is 276 g/mol. The van der Waals surface area contributed by atoms with Crippen LogP contribution in [0.3, 0.4) is 0 Å². The van der Waals surface area contributed by atoms with Gasteiger partial charge in [-0.2, -0.15) is 0 Å². The summed E-state index contributed by atoms with van der Waals surface area (Å²) < 4.78 is 11.3. The molecule has 0 bridgehead atoms. The summed E-state index contributed by atoms with van der Waals surface area (Å²) in [6.07, 6.45) is 2.33. The molecule has 2 heterocycles. The first-order valence-electron chi connectivity index (χ1n) is 7.65. The van der Waals surface area contributed by atoms with Crippen molar-refractivity contribution in [1.82, 2.24) is 10.2 Å². The smallest absolute Gasteiger partial charge is 0.161 e. The van der Waals surface area contributed by atoms with Crippen LogP contribution >= 0.6 is 0 Å². The lowest BCUT2D eigenvalue weighted by molar-refractivity contribution is 0.171. The van der Waals surface area contributed by atoms with Crippen LogP contribution < -0.4 is 14.8 Å². The van der Waals surface area contributed by atoms with Crippen molar-refractivity contribution >= 4 is 0 Å². The van der Waals surface area contributed by atoms with E-state index >= 15 is 0 Å². The fraction of sp³-hybridized carbons (Fsp3) is 0.625. The minimum atomic E-state index is 0.661. The normalized spacial score (nSPS) is 19.1. The van der Waals surface area contributed by atoms with Crippen LogP contribution in [0.15, 0.2) is 12.1 Å². The minimum absolute atomic E-state index is 0.661. The Labute approximate surface area is 121 Å². The van der Waals surface area contributed by atoms with E-state index in [1.807, 2.05) is 0 Å². The molecule has 3 rings (SSSR count). The summed E-state index contributed by atoms with van der Waals surface area (Å²) in [7, 11) is 0. The van der Waals surface area contributed by atoms with Crippen molar-refractivity contribution in [2.45, 2.75) is 19.8 Å². The molecular formula is C16H24N2O2. The Morgan fingerprint density at radius 2 is 1.80 bits per heavy atom. The van der Waals surface area contributed by atoms with E-state index in [-0.39, 0.29) is 0 Å². The molecule has 110 valence electrons. The van der Waals surface area contributed by atoms with Crippen molar-refractivity contribution in [2.75, 3.05) is 45.9 Å². The van der Waals surface area contributed by atoms with Crippen LogP contribution in [-0.2, 0) is 6.42 Å². The van der Waals surface area contributed by atoms with Crippen LogP contribution in [-0.4, -0.2) is 50.8 Å². The van der Waals surface area contributed by atoms with E-state index in [0.717, 1.165) is 31.0 Å². The second kappa shape index (κ2) is 6.46. The second-order valence-corrected chi connectivity index (χ2v) is 5.62. The summed E-state index contributed by atoms with van der Waals surface area (Å²) >= 11 is 0. The van der Waals surface area contributed by atoms with Gasteiger partial charge in [-0.15, -0.1) is 0 Å². The van der Waals surface area contributed by atoms with Crippen molar-refractivity contribution in [3.05, 3.63) is 23.3 Å². The first-order valence-corrected chi connectivity index (χ1v) is 7.65. The molecule has 0 unspecified atom stereocenters. The van der Waals surface area contributed by atoms with E-state index in [9.17, 15) is 0 Å². The lowest BCUT2D eigenvalue weighted by Crippen LogP contribution is -2.43. The summed E-state index contributed by atoms with van der Waals surface area (Å²) in [6.45, 7) is 9.30. The van der Waals surface area contributed by atoms with Crippen molar-refractivity contribution in [2.24, 2.45) is 0 Å². The number of hydrogen-bond acceptors (Lipinski definition) is 4. The van der Waals surface area contributed by atoms with Gasteiger partial charge < -0.3 is 19.7 Å². The SMILES string of the molecule is Cc1cc2c(cc1CCCN1CCNCC1)OCCO2. The van der Waals surface area contributed by atoms with Crippen LogP contribution in [0, 0.1) is 6.92 Å². The molecule has 1 aromatic rings. The number of benzene rings is 1. The molecule has 0 spiro atoms. The van der Waals surface area contributed by atoms with E-state index < -0.39 is 0 Å². The molecule has 4 nitrogen and oxygen atoms in total. The summed E-state index contributed by atoms with van der Waals surface area (Å²) in [5.41, 5.74) is 2.71. The quantitative estimate of drug-likeness (QED) is 0.906. The molecule has 1 fully saturated rings. The summed E-state index contributed by atoms with van der Waals surface area (Å²) in [5, 5.41) is 3.39. The largest absolute Gasteiger partial charge is 0.486 e. The Morgan fingerprint density at radius 1 is 1.10 bits per heavy atom. The van der Waals surface area contributed by atoms with Crippen LogP contribution in [0.1, 0.15) is 17.5 Å². The van der Waals surface area contributed by atoms with Crippen molar-refractivity contribution < 1.29 is 9.47 Å². The Morgan fingerprint density at radius 3 is 2.55 bits per heavy atom. The average Bonchev–Trinajstić information content (AvgIpc) is 2.49. The molecule has 2 aliphatic rings. The molecule has 1 saturated heterocycles. The third-order valence-electron chi connectivity index (χ3n) is 4.13. The fourth-order valence-corrected chi connectivity index (χ4v) is 2.93. The molecule has 0 radical (unpaired) electrons. The van der Waals surface area contributed by atoms with Gasteiger partial charge in [-0.1, -0.05) is 0 Å². The number of fused-ring (bicyclic) bond motifs is 1. The molecule has 1 N–H and O–H groups in total. The zero-order valence-corrected chi connectivity index (χ0v) is 12.3. The van der Waals surface area contributed by atoms with E-state index in [1.54, 1.807) is 0 Å². The van der Waals surface area contributed by atoms with Gasteiger partial charge in [0, 0.05) is 26.2 Å². The van der Waals surface area contributed by atoms with Gasteiger partial charge in [0.25, 0.3) is 0 Å². The van der Waals surface area contributed by atoms with Crippen LogP contribution in [0.2, 0.25) is 0 Å². The maximum absolute atomic E-state index is 5.67. The van der Waals surface area contributed by atoms with Crippen molar-refractivity contribution in [3.8, 4) is 11.5 Å². The summed E-state index contributed by atoms with van der Waals surface area (Å²) in [5.74, 6) is 1.82. The number of aryl methyl sites for hydroxylation is 2. The first kappa shape index (κ1) is 13.7. The Bertz CT molecular complexity index is 456. The van der Waals surface area contributed by atoms with Gasteiger partial charge in [0.2, 0.25) is 0 Å². The highest BCUT2D eigenvalue weighted by Crippen LogP contribution is 2.33. The number of nitrogens with zero attached hydrogens (tertiary/aromatic N) is 1. The molecular weight excluding hydrogens is 252 g/mol. The number of ether oxygens (including phenoxy) is 2. The Balaban J connectivity index is 1.56. The van der Waals surface area contributed by atoms with Crippen LogP contribution in [0.25, 0.3) is 0 Å². The highest BCUT2D eigenvalue weighted by Gasteiger charge is 2.14. The zero-order chi connectivity index (χ0) is 13.8. The number of hydrogen-bond donors (Lipinski definition) is 1. The van der Waals surface area contributed by atoms with Crippen molar-refractivity contribution in [1.29, 1.82) is 0 Å². The highest BCUT2D eigenvalue weighted by molar-refractivity contribution is 5.47. The zero-order valence-electron chi connectivity index (χ0n) is 12.3. The predicted octanol–water partition coefficient (Wildman–Crippen LogP) is 1.60. The third kappa shape index (κ3) is 3.25. The van der Waals surface area contributed by atoms with E-state index in [2.05, 4.69) is 29.3 Å². The molecule has 4 heteroatoms. The predicted molar refractivity (Wildman–Crippen MR) is 79.8 cm³/mol. The van der Waals surface area contributed by atoms with Gasteiger partial charge in [-0.25, -0.2) is 0 Å². The van der Waals surface area contributed by atoms with Crippen LogP contribution in [0.4, 0.5) is 0 Å². The van der Waals surface area contributed by atoms with Crippen LogP contribution in [0.5, 0.6) is 11.5 Å².